The summed E-state index contributed by atoms with van der Waals surface area (Å²) in [6.45, 7) is 3.59. The molecule has 1 rings (SSSR count). The normalized spacial score (nSPS) is 11.4. The highest BCUT2D eigenvalue weighted by atomic mass is 16.1. The number of carbonyl (C=O) groups excluding carboxylic acids is 1. The Morgan fingerprint density at radius 1 is 1.21 bits per heavy atom. The summed E-state index contributed by atoms with van der Waals surface area (Å²) < 4.78 is 0. The van der Waals surface area contributed by atoms with E-state index >= 15 is 0 Å². The molecule has 1 heteroatoms. The van der Waals surface area contributed by atoms with E-state index in [2.05, 4.69) is 12.1 Å². The molecule has 0 amide bonds. The molecule has 1 aromatic rings. The predicted octanol–water partition coefficient (Wildman–Crippen LogP) is 3.15. The number of hydrogen-bond donors (Lipinski definition) is 0. The molecule has 1 aromatic carbocycles. The van der Waals surface area contributed by atoms with E-state index < -0.39 is 0 Å². The van der Waals surface area contributed by atoms with Crippen LogP contribution in [0.5, 0.6) is 0 Å². The fraction of sp³-hybridized carbons (Fsp3) is 0.308. The van der Waals surface area contributed by atoms with Crippen molar-refractivity contribution in [3.05, 3.63) is 47.5 Å². The maximum atomic E-state index is 10.8. The molecule has 0 heterocycles. The van der Waals surface area contributed by atoms with Crippen LogP contribution in [-0.4, -0.2) is 5.78 Å². The number of allylic oxidation sites excluding steroid dienone is 2. The first-order chi connectivity index (χ1) is 6.68. The summed E-state index contributed by atoms with van der Waals surface area (Å²) in [5, 5.41) is 0. The van der Waals surface area contributed by atoms with E-state index in [0.29, 0.717) is 0 Å². The largest absolute Gasteiger partial charge is 0.295 e. The van der Waals surface area contributed by atoms with Gasteiger partial charge >= 0.3 is 0 Å². The zero-order valence-electron chi connectivity index (χ0n) is 8.79. The van der Waals surface area contributed by atoms with Gasteiger partial charge < -0.3 is 0 Å². The summed E-state index contributed by atoms with van der Waals surface area (Å²) in [7, 11) is 0. The minimum absolute atomic E-state index is 0.135. The average Bonchev–Trinajstić information content (AvgIpc) is 2.15. The third kappa shape index (κ3) is 4.04. The number of rotatable bonds is 4. The van der Waals surface area contributed by atoms with E-state index in [0.717, 1.165) is 18.4 Å². The van der Waals surface area contributed by atoms with Gasteiger partial charge in [0.15, 0.2) is 5.78 Å². The Balaban J connectivity index is 2.45. The fourth-order valence-corrected chi connectivity index (χ4v) is 1.41. The molecule has 74 valence electrons. The van der Waals surface area contributed by atoms with Crippen molar-refractivity contribution in [2.75, 3.05) is 0 Å². The minimum Gasteiger partial charge on any atom is -0.295 e. The standard InChI is InChI=1S/C13H16O/c1-11(10-12(2)14)8-9-13-6-4-3-5-7-13/h3-7,10H,8-9H2,1-2H3/b11-10-. The Bertz CT molecular complexity index is 322. The molecule has 0 N–H and O–H groups in total. The summed E-state index contributed by atoms with van der Waals surface area (Å²) >= 11 is 0. The van der Waals surface area contributed by atoms with E-state index in [-0.39, 0.29) is 5.78 Å². The average molecular weight is 188 g/mol. The van der Waals surface area contributed by atoms with Gasteiger partial charge in [0.05, 0.1) is 0 Å². The van der Waals surface area contributed by atoms with Crippen LogP contribution in [0.2, 0.25) is 0 Å². The Morgan fingerprint density at radius 2 is 1.86 bits per heavy atom. The molecule has 0 radical (unpaired) electrons. The molecular formula is C13H16O. The van der Waals surface area contributed by atoms with Crippen LogP contribution >= 0.6 is 0 Å². The predicted molar refractivity (Wildman–Crippen MR) is 59.2 cm³/mol. The quantitative estimate of drug-likeness (QED) is 0.663. The maximum Gasteiger partial charge on any atom is 0.152 e. The summed E-state index contributed by atoms with van der Waals surface area (Å²) in [5.41, 5.74) is 2.48. The fourth-order valence-electron chi connectivity index (χ4n) is 1.41. The van der Waals surface area contributed by atoms with Gasteiger partial charge in [0.2, 0.25) is 0 Å². The summed E-state index contributed by atoms with van der Waals surface area (Å²) in [6.07, 6.45) is 3.68. The van der Waals surface area contributed by atoms with Crippen LogP contribution in [0.1, 0.15) is 25.8 Å². The van der Waals surface area contributed by atoms with Gasteiger partial charge in [-0.15, -0.1) is 0 Å². The molecule has 0 bridgehead atoms. The number of aryl methyl sites for hydroxylation is 1. The maximum absolute atomic E-state index is 10.8. The number of ketones is 1. The van der Waals surface area contributed by atoms with Crippen LogP contribution in [0, 0.1) is 0 Å². The molecule has 0 aromatic heterocycles. The number of carbonyl (C=O) groups is 1. The molecule has 0 atom stereocenters. The van der Waals surface area contributed by atoms with Crippen molar-refractivity contribution in [2.24, 2.45) is 0 Å². The zero-order valence-corrected chi connectivity index (χ0v) is 8.79. The van der Waals surface area contributed by atoms with Crippen LogP contribution in [-0.2, 0) is 11.2 Å². The van der Waals surface area contributed by atoms with Crippen LogP contribution in [0.4, 0.5) is 0 Å². The molecular weight excluding hydrogens is 172 g/mol. The molecule has 1 nitrogen and oxygen atoms in total. The van der Waals surface area contributed by atoms with Crippen LogP contribution in [0.3, 0.4) is 0 Å². The Morgan fingerprint density at radius 3 is 2.43 bits per heavy atom. The highest BCUT2D eigenvalue weighted by Crippen LogP contribution is 2.08. The highest BCUT2D eigenvalue weighted by Gasteiger charge is 1.94. The molecule has 0 fully saturated rings. The number of benzene rings is 1. The third-order valence-corrected chi connectivity index (χ3v) is 2.10. The second-order valence-electron chi connectivity index (χ2n) is 3.59. The lowest BCUT2D eigenvalue weighted by atomic mass is 10.1. The van der Waals surface area contributed by atoms with Crippen molar-refractivity contribution in [3.8, 4) is 0 Å². The first-order valence-electron chi connectivity index (χ1n) is 4.90. The molecule has 0 aliphatic rings. The second-order valence-corrected chi connectivity index (χ2v) is 3.59. The molecule has 0 aliphatic heterocycles. The molecule has 14 heavy (non-hydrogen) atoms. The lowest BCUT2D eigenvalue weighted by Gasteiger charge is -2.00. The Labute approximate surface area is 85.5 Å². The van der Waals surface area contributed by atoms with Gasteiger partial charge in [-0.2, -0.15) is 0 Å². The first kappa shape index (κ1) is 10.7. The highest BCUT2D eigenvalue weighted by molar-refractivity contribution is 5.87. The molecule has 0 spiro atoms. The third-order valence-electron chi connectivity index (χ3n) is 2.10. The van der Waals surface area contributed by atoms with Crippen molar-refractivity contribution >= 4 is 5.78 Å². The van der Waals surface area contributed by atoms with Gasteiger partial charge in [0, 0.05) is 0 Å². The summed E-state index contributed by atoms with van der Waals surface area (Å²) in [5.74, 6) is 0.135. The van der Waals surface area contributed by atoms with E-state index in [9.17, 15) is 4.79 Å². The lowest BCUT2D eigenvalue weighted by molar-refractivity contribution is -0.112. The van der Waals surface area contributed by atoms with Gasteiger partial charge in [0.25, 0.3) is 0 Å². The van der Waals surface area contributed by atoms with Gasteiger partial charge in [-0.3, -0.25) is 4.79 Å². The van der Waals surface area contributed by atoms with Crippen LogP contribution in [0.15, 0.2) is 42.0 Å². The topological polar surface area (TPSA) is 17.1 Å². The van der Waals surface area contributed by atoms with E-state index in [1.807, 2.05) is 25.1 Å². The zero-order chi connectivity index (χ0) is 10.4. The van der Waals surface area contributed by atoms with Crippen molar-refractivity contribution in [2.45, 2.75) is 26.7 Å². The second kappa shape index (κ2) is 5.38. The molecule has 0 saturated carbocycles. The Hall–Kier alpha value is -1.37. The Kier molecular flexibility index (Phi) is 4.11. The van der Waals surface area contributed by atoms with Crippen LogP contribution < -0.4 is 0 Å². The van der Waals surface area contributed by atoms with Gasteiger partial charge in [-0.25, -0.2) is 0 Å². The van der Waals surface area contributed by atoms with E-state index in [1.165, 1.54) is 5.56 Å². The summed E-state index contributed by atoms with van der Waals surface area (Å²) in [4.78, 5) is 10.8. The van der Waals surface area contributed by atoms with Crippen molar-refractivity contribution in [1.82, 2.24) is 0 Å². The molecule has 0 unspecified atom stereocenters. The monoisotopic (exact) mass is 188 g/mol. The van der Waals surface area contributed by atoms with Crippen molar-refractivity contribution in [3.63, 3.8) is 0 Å². The van der Waals surface area contributed by atoms with Gasteiger partial charge in [0.1, 0.15) is 0 Å². The minimum atomic E-state index is 0.135. The van der Waals surface area contributed by atoms with Crippen molar-refractivity contribution in [1.29, 1.82) is 0 Å². The van der Waals surface area contributed by atoms with Gasteiger partial charge in [-0.1, -0.05) is 35.9 Å². The summed E-state index contributed by atoms with van der Waals surface area (Å²) in [6, 6.07) is 10.3. The lowest BCUT2D eigenvalue weighted by Crippen LogP contribution is -1.89. The molecule has 0 aliphatic carbocycles. The SMILES string of the molecule is CC(=O)/C=C(/C)CCc1ccccc1. The van der Waals surface area contributed by atoms with E-state index in [1.54, 1.807) is 13.0 Å². The smallest absolute Gasteiger partial charge is 0.152 e. The number of hydrogen-bond acceptors (Lipinski definition) is 1. The van der Waals surface area contributed by atoms with Crippen LogP contribution in [0.25, 0.3) is 0 Å². The van der Waals surface area contributed by atoms with E-state index in [4.69, 9.17) is 0 Å². The van der Waals surface area contributed by atoms with Crippen molar-refractivity contribution < 1.29 is 4.79 Å². The molecule has 0 saturated heterocycles. The first-order valence-corrected chi connectivity index (χ1v) is 4.90. The van der Waals surface area contributed by atoms with Gasteiger partial charge in [-0.05, 0) is 38.3 Å².